The number of carbonyl (C=O) groups excluding carboxylic acids is 2. The number of hydrogen-bond donors (Lipinski definition) is 2. The highest BCUT2D eigenvalue weighted by Gasteiger charge is 2.27. The number of nitrogens with two attached hydrogens (primary N) is 1. The number of thiophene rings is 1. The first-order valence-corrected chi connectivity index (χ1v) is 9.45. The standard InChI is InChI=1S/C19H23N3O2S/c1-2-11-22(12-13-7-8-13)19(24)17-10-9-16(25-17)18(23)21-15-6-4-3-5-14(15)20/h3-6,9-10,13H,2,7-8,11-12,20H2,1H3,(H,21,23). The van der Waals surface area contributed by atoms with E-state index in [9.17, 15) is 9.59 Å². The Morgan fingerprint density at radius 1 is 1.20 bits per heavy atom. The van der Waals surface area contributed by atoms with Crippen molar-refractivity contribution in [2.75, 3.05) is 24.1 Å². The van der Waals surface area contributed by atoms with Crippen LogP contribution in [0.25, 0.3) is 0 Å². The topological polar surface area (TPSA) is 75.4 Å². The third kappa shape index (κ3) is 4.39. The zero-order valence-electron chi connectivity index (χ0n) is 14.3. The molecule has 25 heavy (non-hydrogen) atoms. The molecule has 1 aromatic heterocycles. The van der Waals surface area contributed by atoms with Crippen molar-refractivity contribution < 1.29 is 9.59 Å². The lowest BCUT2D eigenvalue weighted by molar-refractivity contribution is 0.0752. The normalized spacial score (nSPS) is 13.5. The summed E-state index contributed by atoms with van der Waals surface area (Å²) in [5.41, 5.74) is 6.95. The Labute approximate surface area is 151 Å². The van der Waals surface area contributed by atoms with Crippen LogP contribution in [0, 0.1) is 5.92 Å². The maximum Gasteiger partial charge on any atom is 0.265 e. The summed E-state index contributed by atoms with van der Waals surface area (Å²) in [5, 5.41) is 2.80. The molecule has 1 heterocycles. The Morgan fingerprint density at radius 3 is 2.60 bits per heavy atom. The molecule has 3 N–H and O–H groups in total. The lowest BCUT2D eigenvalue weighted by Crippen LogP contribution is -2.33. The van der Waals surface area contributed by atoms with Crippen LogP contribution in [-0.4, -0.2) is 29.8 Å². The van der Waals surface area contributed by atoms with Crippen molar-refractivity contribution in [3.05, 3.63) is 46.2 Å². The van der Waals surface area contributed by atoms with E-state index in [1.54, 1.807) is 24.3 Å². The van der Waals surface area contributed by atoms with Crippen molar-refractivity contribution >= 4 is 34.5 Å². The molecule has 0 atom stereocenters. The Bertz CT molecular complexity index is 768. The molecule has 1 saturated carbocycles. The first-order chi connectivity index (χ1) is 12.1. The molecule has 0 bridgehead atoms. The molecule has 0 saturated heterocycles. The molecule has 6 heteroatoms. The molecule has 132 valence electrons. The smallest absolute Gasteiger partial charge is 0.265 e. The monoisotopic (exact) mass is 357 g/mol. The van der Waals surface area contributed by atoms with Crippen LogP contribution in [0.15, 0.2) is 36.4 Å². The van der Waals surface area contributed by atoms with Crippen LogP contribution in [0.2, 0.25) is 0 Å². The molecule has 1 aliphatic carbocycles. The summed E-state index contributed by atoms with van der Waals surface area (Å²) < 4.78 is 0. The van der Waals surface area contributed by atoms with Gasteiger partial charge in [-0.2, -0.15) is 0 Å². The summed E-state index contributed by atoms with van der Waals surface area (Å²) in [7, 11) is 0. The number of hydrogen-bond acceptors (Lipinski definition) is 4. The van der Waals surface area contributed by atoms with Crippen LogP contribution in [-0.2, 0) is 0 Å². The lowest BCUT2D eigenvalue weighted by Gasteiger charge is -2.21. The van der Waals surface area contributed by atoms with Crippen molar-refractivity contribution in [1.82, 2.24) is 4.90 Å². The highest BCUT2D eigenvalue weighted by Crippen LogP contribution is 2.31. The quantitative estimate of drug-likeness (QED) is 0.739. The fraction of sp³-hybridized carbons (Fsp3) is 0.368. The van der Waals surface area contributed by atoms with Crippen molar-refractivity contribution in [3.63, 3.8) is 0 Å². The number of nitrogens with one attached hydrogen (secondary N) is 1. The predicted molar refractivity (Wildman–Crippen MR) is 102 cm³/mol. The van der Waals surface area contributed by atoms with Crippen LogP contribution in [0.3, 0.4) is 0 Å². The van der Waals surface area contributed by atoms with E-state index in [2.05, 4.69) is 12.2 Å². The van der Waals surface area contributed by atoms with Crippen molar-refractivity contribution in [2.24, 2.45) is 5.92 Å². The minimum Gasteiger partial charge on any atom is -0.397 e. The summed E-state index contributed by atoms with van der Waals surface area (Å²) >= 11 is 1.23. The fourth-order valence-corrected chi connectivity index (χ4v) is 3.55. The van der Waals surface area contributed by atoms with E-state index in [4.69, 9.17) is 5.73 Å². The molecule has 0 radical (unpaired) electrons. The highest BCUT2D eigenvalue weighted by atomic mass is 32.1. The van der Waals surface area contributed by atoms with E-state index in [-0.39, 0.29) is 11.8 Å². The van der Waals surface area contributed by atoms with Crippen molar-refractivity contribution in [3.8, 4) is 0 Å². The van der Waals surface area contributed by atoms with Gasteiger partial charge >= 0.3 is 0 Å². The Morgan fingerprint density at radius 2 is 1.92 bits per heavy atom. The number of amides is 2. The zero-order chi connectivity index (χ0) is 17.8. The third-order valence-electron chi connectivity index (χ3n) is 4.21. The van der Waals surface area contributed by atoms with Gasteiger partial charge in [-0.25, -0.2) is 0 Å². The molecule has 2 amide bonds. The van der Waals surface area contributed by atoms with Gasteiger partial charge in [0.25, 0.3) is 11.8 Å². The molecule has 5 nitrogen and oxygen atoms in total. The molecule has 3 rings (SSSR count). The average Bonchev–Trinajstić information content (AvgIpc) is 3.28. The fourth-order valence-electron chi connectivity index (χ4n) is 2.68. The van der Waals surface area contributed by atoms with Gasteiger partial charge in [-0.1, -0.05) is 19.1 Å². The predicted octanol–water partition coefficient (Wildman–Crippen LogP) is 3.84. The van der Waals surface area contributed by atoms with Crippen molar-refractivity contribution in [1.29, 1.82) is 0 Å². The SMILES string of the molecule is CCCN(CC1CC1)C(=O)c1ccc(C(=O)Nc2ccccc2N)s1. The van der Waals surface area contributed by atoms with E-state index >= 15 is 0 Å². The number of carbonyl (C=O) groups is 2. The molecule has 1 aliphatic rings. The number of nitrogens with zero attached hydrogens (tertiary/aromatic N) is 1. The van der Waals surface area contributed by atoms with E-state index in [0.29, 0.717) is 27.0 Å². The Kier molecular flexibility index (Phi) is 5.38. The van der Waals surface area contributed by atoms with E-state index in [1.807, 2.05) is 17.0 Å². The summed E-state index contributed by atoms with van der Waals surface area (Å²) in [4.78, 5) is 28.2. The van der Waals surface area contributed by atoms with Crippen LogP contribution in [0.5, 0.6) is 0 Å². The van der Waals surface area contributed by atoms with Gasteiger partial charge in [0.2, 0.25) is 0 Å². The van der Waals surface area contributed by atoms with E-state index in [0.717, 1.165) is 19.5 Å². The second-order valence-corrected chi connectivity index (χ2v) is 7.48. The summed E-state index contributed by atoms with van der Waals surface area (Å²) in [6.07, 6.45) is 3.36. The molecule has 0 unspecified atom stereocenters. The van der Waals surface area contributed by atoms with Gasteiger partial charge in [-0.15, -0.1) is 11.3 Å². The maximum atomic E-state index is 12.7. The highest BCUT2D eigenvalue weighted by molar-refractivity contribution is 7.16. The number of anilines is 2. The second kappa shape index (κ2) is 7.70. The molecule has 2 aromatic rings. The van der Waals surface area contributed by atoms with E-state index in [1.165, 1.54) is 24.2 Å². The molecule has 0 aliphatic heterocycles. The number of para-hydroxylation sites is 2. The largest absolute Gasteiger partial charge is 0.397 e. The molecular weight excluding hydrogens is 334 g/mol. The Balaban J connectivity index is 1.69. The van der Waals surface area contributed by atoms with Crippen LogP contribution >= 0.6 is 11.3 Å². The van der Waals surface area contributed by atoms with Crippen LogP contribution in [0.4, 0.5) is 11.4 Å². The first-order valence-electron chi connectivity index (χ1n) is 8.63. The van der Waals surface area contributed by atoms with Gasteiger partial charge in [-0.05, 0) is 49.4 Å². The number of benzene rings is 1. The van der Waals surface area contributed by atoms with Gasteiger partial charge in [0, 0.05) is 13.1 Å². The number of rotatable bonds is 7. The van der Waals surface area contributed by atoms with Crippen molar-refractivity contribution in [2.45, 2.75) is 26.2 Å². The number of nitrogen functional groups attached to an aromatic ring is 1. The summed E-state index contributed by atoms with van der Waals surface area (Å²) in [6.45, 7) is 3.66. The van der Waals surface area contributed by atoms with Gasteiger partial charge in [0.15, 0.2) is 0 Å². The molecule has 1 fully saturated rings. The van der Waals surface area contributed by atoms with E-state index < -0.39 is 0 Å². The zero-order valence-corrected chi connectivity index (χ0v) is 15.1. The molecular formula is C19H23N3O2S. The average molecular weight is 357 g/mol. The van der Waals surface area contributed by atoms with Gasteiger partial charge in [0.05, 0.1) is 21.1 Å². The maximum absolute atomic E-state index is 12.7. The van der Waals surface area contributed by atoms with Gasteiger partial charge in [-0.3, -0.25) is 9.59 Å². The third-order valence-corrected chi connectivity index (χ3v) is 5.28. The van der Waals surface area contributed by atoms with Crippen LogP contribution in [0.1, 0.15) is 45.5 Å². The summed E-state index contributed by atoms with van der Waals surface area (Å²) in [6, 6.07) is 10.6. The Hall–Kier alpha value is -2.34. The lowest BCUT2D eigenvalue weighted by atomic mass is 10.2. The minimum atomic E-state index is -0.244. The molecule has 0 spiro atoms. The first kappa shape index (κ1) is 17.5. The van der Waals surface area contributed by atoms with Gasteiger partial charge in [0.1, 0.15) is 0 Å². The second-order valence-electron chi connectivity index (χ2n) is 6.40. The minimum absolute atomic E-state index is 0.0250. The van der Waals surface area contributed by atoms with Gasteiger partial charge < -0.3 is 16.0 Å². The molecule has 1 aromatic carbocycles. The van der Waals surface area contributed by atoms with Crippen LogP contribution < -0.4 is 11.1 Å². The summed E-state index contributed by atoms with van der Waals surface area (Å²) in [5.74, 6) is 0.433.